The lowest BCUT2D eigenvalue weighted by molar-refractivity contribution is 0.0521. The van der Waals surface area contributed by atoms with Crippen molar-refractivity contribution in [2.45, 2.75) is 32.6 Å². The summed E-state index contributed by atoms with van der Waals surface area (Å²) in [5, 5.41) is 6.49. The van der Waals surface area contributed by atoms with E-state index in [0.717, 1.165) is 50.0 Å². The van der Waals surface area contributed by atoms with Gasteiger partial charge in [0.15, 0.2) is 0 Å². The topological polar surface area (TPSA) is 50.2 Å². The Bertz CT molecular complexity index is 568. The van der Waals surface area contributed by atoms with Crippen LogP contribution in [-0.2, 0) is 9.47 Å². The third-order valence-electron chi connectivity index (χ3n) is 4.09. The van der Waals surface area contributed by atoms with E-state index >= 15 is 0 Å². The lowest BCUT2D eigenvalue weighted by Gasteiger charge is -2.28. The van der Waals surface area contributed by atoms with Crippen LogP contribution >= 0.6 is 0 Å². The van der Waals surface area contributed by atoms with Crippen molar-refractivity contribution in [3.8, 4) is 0 Å². The first-order valence-electron chi connectivity index (χ1n) is 8.98. The van der Waals surface area contributed by atoms with Crippen LogP contribution in [0.2, 0.25) is 25.7 Å². The van der Waals surface area contributed by atoms with Gasteiger partial charge in [-0.15, -0.1) is 0 Å². The highest BCUT2D eigenvalue weighted by atomic mass is 28.3. The van der Waals surface area contributed by atoms with Crippen LogP contribution < -0.4 is 4.90 Å². The lowest BCUT2D eigenvalue weighted by Crippen LogP contribution is -2.36. The normalized spacial score (nSPS) is 16.2. The van der Waals surface area contributed by atoms with Gasteiger partial charge < -0.3 is 14.4 Å². The molecule has 0 aliphatic carbocycles. The number of ether oxygens (including phenoxy) is 2. The predicted octanol–water partition coefficient (Wildman–Crippen LogP) is 2.89. The summed E-state index contributed by atoms with van der Waals surface area (Å²) in [6.45, 7) is 13.7. The van der Waals surface area contributed by atoms with Gasteiger partial charge in [0.25, 0.3) is 0 Å². The highest BCUT2D eigenvalue weighted by molar-refractivity contribution is 6.76. The van der Waals surface area contributed by atoms with E-state index in [1.807, 2.05) is 31.2 Å². The van der Waals surface area contributed by atoms with Gasteiger partial charge in [-0.05, 0) is 25.1 Å². The highest BCUT2D eigenvalue weighted by Gasteiger charge is 2.14. The summed E-state index contributed by atoms with van der Waals surface area (Å²) in [5.74, 6) is 0.990. The molecule has 0 atom stereocenters. The quantitative estimate of drug-likeness (QED) is 0.233. The zero-order valence-electron chi connectivity index (χ0n) is 16.3. The summed E-state index contributed by atoms with van der Waals surface area (Å²) >= 11 is 0. The van der Waals surface area contributed by atoms with Gasteiger partial charge in [0, 0.05) is 46.6 Å². The number of hydrogen-bond donors (Lipinski definition) is 0. The number of aromatic nitrogens is 1. The van der Waals surface area contributed by atoms with Gasteiger partial charge >= 0.3 is 0 Å². The zero-order chi connectivity index (χ0) is 18.3. The second-order valence-electron chi connectivity index (χ2n) is 7.69. The molecule has 25 heavy (non-hydrogen) atoms. The molecule has 0 unspecified atom stereocenters. The fourth-order valence-electron chi connectivity index (χ4n) is 2.53. The maximum atomic E-state index is 5.75. The van der Waals surface area contributed by atoms with Gasteiger partial charge in [-0.2, -0.15) is 5.10 Å². The van der Waals surface area contributed by atoms with E-state index < -0.39 is 8.07 Å². The number of morpholine rings is 1. The first-order valence-corrected chi connectivity index (χ1v) is 12.7. The molecule has 1 aromatic heterocycles. The smallest absolute Gasteiger partial charge is 0.134 e. The van der Waals surface area contributed by atoms with E-state index in [4.69, 9.17) is 9.47 Å². The van der Waals surface area contributed by atoms with Gasteiger partial charge in [0.1, 0.15) is 12.5 Å². The zero-order valence-corrected chi connectivity index (χ0v) is 17.3. The molecular formula is C18H32N4O2Si. The number of rotatable bonds is 8. The van der Waals surface area contributed by atoms with E-state index in [0.29, 0.717) is 6.73 Å². The molecule has 6 nitrogen and oxygen atoms in total. The largest absolute Gasteiger partial charge is 0.378 e. The van der Waals surface area contributed by atoms with E-state index in [-0.39, 0.29) is 0 Å². The molecule has 7 heteroatoms. The minimum Gasteiger partial charge on any atom is -0.378 e. The van der Waals surface area contributed by atoms with Crippen LogP contribution in [0.25, 0.3) is 0 Å². The van der Waals surface area contributed by atoms with Crippen LogP contribution in [0.5, 0.6) is 0 Å². The minimum atomic E-state index is -1.04. The summed E-state index contributed by atoms with van der Waals surface area (Å²) in [6.07, 6.45) is 1.85. The molecule has 1 fully saturated rings. The predicted molar refractivity (Wildman–Crippen MR) is 106 cm³/mol. The Hall–Kier alpha value is -1.44. The van der Waals surface area contributed by atoms with Crippen molar-refractivity contribution in [1.29, 1.82) is 0 Å². The van der Waals surface area contributed by atoms with Gasteiger partial charge in [-0.1, -0.05) is 19.6 Å². The van der Waals surface area contributed by atoms with Gasteiger partial charge in [0.2, 0.25) is 0 Å². The third kappa shape index (κ3) is 7.13. The van der Waals surface area contributed by atoms with Gasteiger partial charge in [0.05, 0.1) is 18.9 Å². The van der Waals surface area contributed by atoms with Crippen molar-refractivity contribution in [3.05, 3.63) is 23.9 Å². The van der Waals surface area contributed by atoms with Crippen LogP contribution in [0.4, 0.5) is 5.82 Å². The molecule has 0 amide bonds. The van der Waals surface area contributed by atoms with Crippen molar-refractivity contribution >= 4 is 19.6 Å². The molecule has 140 valence electrons. The maximum Gasteiger partial charge on any atom is 0.134 e. The van der Waals surface area contributed by atoms with Gasteiger partial charge in [-0.3, -0.25) is 5.01 Å². The molecule has 1 aliphatic rings. The Morgan fingerprint density at radius 1 is 1.36 bits per heavy atom. The summed E-state index contributed by atoms with van der Waals surface area (Å²) < 4.78 is 11.2. The van der Waals surface area contributed by atoms with Crippen molar-refractivity contribution in [1.82, 2.24) is 9.99 Å². The minimum absolute atomic E-state index is 0.517. The first kappa shape index (κ1) is 19.9. The molecule has 0 radical (unpaired) electrons. The second kappa shape index (κ2) is 9.31. The van der Waals surface area contributed by atoms with Crippen LogP contribution in [0.1, 0.15) is 12.5 Å². The van der Waals surface area contributed by atoms with Crippen molar-refractivity contribution < 1.29 is 9.47 Å². The molecule has 2 rings (SSSR count). The van der Waals surface area contributed by atoms with E-state index in [1.54, 1.807) is 0 Å². The fraction of sp³-hybridized carbons (Fsp3) is 0.667. The summed E-state index contributed by atoms with van der Waals surface area (Å²) in [6, 6.07) is 5.28. The fourth-order valence-corrected chi connectivity index (χ4v) is 3.28. The van der Waals surface area contributed by atoms with Crippen LogP contribution in [0.15, 0.2) is 23.4 Å². The molecule has 0 N–H and O–H groups in total. The molecule has 0 saturated carbocycles. The monoisotopic (exact) mass is 364 g/mol. The van der Waals surface area contributed by atoms with Crippen LogP contribution in [0, 0.1) is 0 Å². The van der Waals surface area contributed by atoms with Gasteiger partial charge in [-0.25, -0.2) is 4.98 Å². The maximum absolute atomic E-state index is 5.75. The number of hydrogen-bond acceptors (Lipinski definition) is 6. The van der Waals surface area contributed by atoms with Crippen LogP contribution in [0.3, 0.4) is 0 Å². The van der Waals surface area contributed by atoms with Crippen LogP contribution in [-0.4, -0.2) is 70.5 Å². The molecule has 1 aliphatic heterocycles. The Morgan fingerprint density at radius 2 is 2.08 bits per heavy atom. The summed E-state index contributed by atoms with van der Waals surface area (Å²) in [7, 11) is 0.910. The molecule has 2 heterocycles. The third-order valence-corrected chi connectivity index (χ3v) is 5.80. The molecule has 1 aromatic rings. The SMILES string of the molecule is CC(=NN(C)COCC[Si](C)(C)C)c1ccnc(N2CCOCC2)c1. The molecule has 0 aromatic carbocycles. The summed E-state index contributed by atoms with van der Waals surface area (Å²) in [4.78, 5) is 6.74. The average Bonchev–Trinajstić information content (AvgIpc) is 2.59. The number of nitrogens with zero attached hydrogens (tertiary/aromatic N) is 4. The average molecular weight is 365 g/mol. The number of pyridine rings is 1. The Balaban J connectivity index is 1.90. The molecule has 0 spiro atoms. The van der Waals surface area contributed by atoms with Crippen molar-refractivity contribution in [2.24, 2.45) is 5.10 Å². The van der Waals surface area contributed by atoms with Crippen molar-refractivity contribution in [2.75, 3.05) is 51.6 Å². The lowest BCUT2D eigenvalue weighted by atomic mass is 10.2. The molecule has 1 saturated heterocycles. The summed E-state index contributed by atoms with van der Waals surface area (Å²) in [5.41, 5.74) is 2.05. The number of anilines is 1. The number of hydrazone groups is 1. The van der Waals surface area contributed by atoms with E-state index in [2.05, 4.69) is 40.7 Å². The first-order chi connectivity index (χ1) is 11.8. The molecular weight excluding hydrogens is 332 g/mol. The highest BCUT2D eigenvalue weighted by Crippen LogP contribution is 2.15. The second-order valence-corrected chi connectivity index (χ2v) is 13.3. The standard InChI is InChI=1S/C18H32N4O2Si/c1-16(20-21(2)15-24-12-13-25(3,4)5)17-6-7-19-18(14-17)22-8-10-23-11-9-22/h6-7,14H,8-13,15H2,1-5H3. The Labute approximate surface area is 152 Å². The Morgan fingerprint density at radius 3 is 2.76 bits per heavy atom. The van der Waals surface area contributed by atoms with Crippen molar-refractivity contribution in [3.63, 3.8) is 0 Å². The van der Waals surface area contributed by atoms with E-state index in [1.165, 1.54) is 6.04 Å². The Kier molecular flexibility index (Phi) is 7.40. The van der Waals surface area contributed by atoms with E-state index in [9.17, 15) is 0 Å². The molecule has 0 bridgehead atoms.